The van der Waals surface area contributed by atoms with Crippen LogP contribution in [0.5, 0.6) is 0 Å². The Kier molecular flexibility index (Phi) is 5.97. The number of aliphatic hydroxyl groups excluding tert-OH is 1. The van der Waals surface area contributed by atoms with E-state index in [1.807, 2.05) is 24.3 Å². The van der Waals surface area contributed by atoms with E-state index >= 15 is 0 Å². The van der Waals surface area contributed by atoms with Crippen LogP contribution in [0.4, 0.5) is 17.3 Å². The molecule has 0 spiro atoms. The van der Waals surface area contributed by atoms with Gasteiger partial charge < -0.3 is 15.3 Å². The summed E-state index contributed by atoms with van der Waals surface area (Å²) in [6, 6.07) is 18.9. The van der Waals surface area contributed by atoms with E-state index in [1.54, 1.807) is 35.0 Å². The van der Waals surface area contributed by atoms with Gasteiger partial charge in [-0.3, -0.25) is 0 Å². The summed E-state index contributed by atoms with van der Waals surface area (Å²) in [5, 5.41) is 17.3. The second-order valence-electron chi connectivity index (χ2n) is 8.72. The third kappa shape index (κ3) is 4.62. The summed E-state index contributed by atoms with van der Waals surface area (Å²) >= 11 is 0. The third-order valence-electron chi connectivity index (χ3n) is 6.34. The molecule has 1 fully saturated rings. The van der Waals surface area contributed by atoms with Crippen LogP contribution in [-0.2, 0) is 9.84 Å². The van der Waals surface area contributed by atoms with Crippen LogP contribution in [0.15, 0.2) is 71.8 Å². The molecule has 5 rings (SSSR count). The van der Waals surface area contributed by atoms with Gasteiger partial charge in [-0.1, -0.05) is 12.1 Å². The van der Waals surface area contributed by atoms with E-state index in [-0.39, 0.29) is 11.5 Å². The molecule has 0 bridgehead atoms. The number of aromatic nitrogens is 3. The topological polar surface area (TPSA) is 99.8 Å². The molecule has 9 heteroatoms. The molecule has 8 nitrogen and oxygen atoms in total. The Balaban J connectivity index is 1.34. The molecule has 0 amide bonds. The predicted octanol–water partition coefficient (Wildman–Crippen LogP) is 3.75. The zero-order valence-corrected chi connectivity index (χ0v) is 19.7. The molecule has 0 saturated carbocycles. The Hall–Kier alpha value is -3.43. The van der Waals surface area contributed by atoms with Crippen molar-refractivity contribution in [3.05, 3.63) is 66.9 Å². The van der Waals surface area contributed by atoms with Gasteiger partial charge in [-0.25, -0.2) is 17.9 Å². The van der Waals surface area contributed by atoms with E-state index in [9.17, 15) is 13.5 Å². The number of nitrogens with one attached hydrogen (secondary N) is 1. The first kappa shape index (κ1) is 22.4. The lowest BCUT2D eigenvalue weighted by Crippen LogP contribution is -2.34. The highest BCUT2D eigenvalue weighted by Gasteiger charge is 2.18. The minimum Gasteiger partial charge on any atom is -0.396 e. The highest BCUT2D eigenvalue weighted by molar-refractivity contribution is 7.90. The van der Waals surface area contributed by atoms with Gasteiger partial charge in [-0.05, 0) is 67.3 Å². The lowest BCUT2D eigenvalue weighted by molar-refractivity contribution is 0.203. The fraction of sp³-hybridized carbons (Fsp3) is 0.280. The zero-order valence-electron chi connectivity index (χ0n) is 18.9. The van der Waals surface area contributed by atoms with Crippen molar-refractivity contribution in [2.75, 3.05) is 36.2 Å². The molecule has 1 saturated heterocycles. The molecule has 1 aliphatic heterocycles. The van der Waals surface area contributed by atoms with Crippen LogP contribution in [-0.4, -0.2) is 54.1 Å². The summed E-state index contributed by atoms with van der Waals surface area (Å²) in [5.74, 6) is 0.884. The van der Waals surface area contributed by atoms with Crippen molar-refractivity contribution in [1.82, 2.24) is 14.6 Å². The van der Waals surface area contributed by atoms with Gasteiger partial charge in [0.2, 0.25) is 5.95 Å². The molecule has 0 atom stereocenters. The lowest BCUT2D eigenvalue weighted by Gasteiger charge is -2.32. The maximum atomic E-state index is 11.8. The fourth-order valence-electron chi connectivity index (χ4n) is 4.31. The molecule has 1 aliphatic rings. The number of aliphatic hydroxyl groups is 1. The number of nitrogens with zero attached hydrogens (tertiary/aromatic N) is 4. The summed E-state index contributed by atoms with van der Waals surface area (Å²) < 4.78 is 25.3. The summed E-state index contributed by atoms with van der Waals surface area (Å²) in [6.45, 7) is 2.19. The SMILES string of the molecule is CS(=O)(=O)c1ccc(-c2ccc3cnc(Nc4ccc(N5CCC(CO)CC5)cc4)nn23)cc1. The molecule has 176 valence electrons. The monoisotopic (exact) mass is 477 g/mol. The number of hydrogen-bond donors (Lipinski definition) is 2. The number of hydrogen-bond acceptors (Lipinski definition) is 7. The number of piperidine rings is 1. The van der Waals surface area contributed by atoms with E-state index in [0.29, 0.717) is 11.9 Å². The first-order valence-electron chi connectivity index (χ1n) is 11.3. The number of anilines is 3. The highest BCUT2D eigenvalue weighted by atomic mass is 32.2. The molecule has 2 aromatic heterocycles. The number of benzene rings is 2. The lowest BCUT2D eigenvalue weighted by atomic mass is 9.97. The average Bonchev–Trinajstić information content (AvgIpc) is 3.27. The molecule has 0 aliphatic carbocycles. The Labute approximate surface area is 198 Å². The van der Waals surface area contributed by atoms with E-state index in [4.69, 9.17) is 0 Å². The van der Waals surface area contributed by atoms with Gasteiger partial charge in [0.25, 0.3) is 0 Å². The number of rotatable bonds is 6. The smallest absolute Gasteiger partial charge is 0.245 e. The minimum absolute atomic E-state index is 0.274. The minimum atomic E-state index is -3.24. The van der Waals surface area contributed by atoms with Gasteiger partial charge in [-0.2, -0.15) is 0 Å². The largest absolute Gasteiger partial charge is 0.396 e. The van der Waals surface area contributed by atoms with Gasteiger partial charge in [0.15, 0.2) is 9.84 Å². The normalized spacial score (nSPS) is 15.1. The van der Waals surface area contributed by atoms with Crippen LogP contribution in [0.2, 0.25) is 0 Å². The van der Waals surface area contributed by atoms with Crippen molar-refractivity contribution in [3.8, 4) is 11.3 Å². The standard InChI is InChI=1S/C25H27N5O3S/c1-34(32,33)23-9-2-19(3-10-23)24-11-8-22-16-26-25(28-30(22)24)27-20-4-6-21(7-5-20)29-14-12-18(17-31)13-15-29/h2-11,16,18,31H,12-15,17H2,1H3,(H,27,28). The molecule has 3 heterocycles. The van der Waals surface area contributed by atoms with Crippen molar-refractivity contribution in [1.29, 1.82) is 0 Å². The second kappa shape index (κ2) is 9.08. The summed E-state index contributed by atoms with van der Waals surface area (Å²) in [4.78, 5) is 7.06. The van der Waals surface area contributed by atoms with E-state index in [0.717, 1.165) is 48.4 Å². The molecule has 0 unspecified atom stereocenters. The van der Waals surface area contributed by atoms with E-state index in [1.165, 1.54) is 11.9 Å². The van der Waals surface area contributed by atoms with Gasteiger partial charge in [0.05, 0.1) is 22.3 Å². The van der Waals surface area contributed by atoms with Crippen LogP contribution < -0.4 is 10.2 Å². The maximum Gasteiger partial charge on any atom is 0.245 e. The third-order valence-corrected chi connectivity index (χ3v) is 7.47. The Morgan fingerprint density at radius 3 is 2.35 bits per heavy atom. The molecular weight excluding hydrogens is 450 g/mol. The van der Waals surface area contributed by atoms with Crippen LogP contribution in [0.25, 0.3) is 16.8 Å². The molecular formula is C25H27N5O3S. The van der Waals surface area contributed by atoms with Crippen LogP contribution in [0, 0.1) is 5.92 Å². The summed E-state index contributed by atoms with van der Waals surface area (Å²) in [7, 11) is -3.24. The first-order chi connectivity index (χ1) is 16.4. The van der Waals surface area contributed by atoms with Crippen molar-refractivity contribution in [2.24, 2.45) is 5.92 Å². The Bertz CT molecular complexity index is 1390. The highest BCUT2D eigenvalue weighted by Crippen LogP contribution is 2.26. The molecule has 4 aromatic rings. The zero-order chi connectivity index (χ0) is 23.7. The number of fused-ring (bicyclic) bond motifs is 1. The maximum absolute atomic E-state index is 11.8. The molecule has 2 N–H and O–H groups in total. The van der Waals surface area contributed by atoms with Crippen molar-refractivity contribution >= 4 is 32.7 Å². The van der Waals surface area contributed by atoms with Gasteiger partial charge in [-0.15, -0.1) is 5.10 Å². The second-order valence-corrected chi connectivity index (χ2v) is 10.7. The predicted molar refractivity (Wildman–Crippen MR) is 133 cm³/mol. The van der Waals surface area contributed by atoms with Crippen LogP contribution in [0.1, 0.15) is 12.8 Å². The number of sulfone groups is 1. The summed E-state index contributed by atoms with van der Waals surface area (Å²) in [5.41, 5.74) is 4.62. The first-order valence-corrected chi connectivity index (χ1v) is 13.2. The van der Waals surface area contributed by atoms with Crippen molar-refractivity contribution in [2.45, 2.75) is 17.7 Å². The van der Waals surface area contributed by atoms with E-state index in [2.05, 4.69) is 32.4 Å². The fourth-order valence-corrected chi connectivity index (χ4v) is 4.94. The van der Waals surface area contributed by atoms with E-state index < -0.39 is 9.84 Å². The van der Waals surface area contributed by atoms with Crippen LogP contribution in [0.3, 0.4) is 0 Å². The summed E-state index contributed by atoms with van der Waals surface area (Å²) in [6.07, 6.45) is 4.98. The van der Waals surface area contributed by atoms with Crippen molar-refractivity contribution < 1.29 is 13.5 Å². The van der Waals surface area contributed by atoms with Gasteiger partial charge >= 0.3 is 0 Å². The molecule has 34 heavy (non-hydrogen) atoms. The quantitative estimate of drug-likeness (QED) is 0.436. The Morgan fingerprint density at radius 1 is 1.00 bits per heavy atom. The van der Waals surface area contributed by atoms with Gasteiger partial charge in [0.1, 0.15) is 0 Å². The molecule has 0 radical (unpaired) electrons. The van der Waals surface area contributed by atoms with Crippen molar-refractivity contribution in [3.63, 3.8) is 0 Å². The average molecular weight is 478 g/mol. The Morgan fingerprint density at radius 2 is 1.71 bits per heavy atom. The van der Waals surface area contributed by atoms with Gasteiger partial charge in [0, 0.05) is 42.9 Å². The van der Waals surface area contributed by atoms with Crippen LogP contribution >= 0.6 is 0 Å². The molecule has 2 aromatic carbocycles.